The molecular weight excluding hydrogens is 217 g/mol. The number of nitrogens with one attached hydrogen (secondary N) is 1. The lowest BCUT2D eigenvalue weighted by Gasteiger charge is -2.40. The summed E-state index contributed by atoms with van der Waals surface area (Å²) in [6.07, 6.45) is 3.81. The van der Waals surface area contributed by atoms with Crippen LogP contribution in [0.1, 0.15) is 34.6 Å². The van der Waals surface area contributed by atoms with Crippen molar-refractivity contribution in [1.82, 2.24) is 0 Å². The molecule has 0 aliphatic heterocycles. The molecular formula is C13H22FN3. The predicted octanol–water partition coefficient (Wildman–Crippen LogP) is 3.58. The van der Waals surface area contributed by atoms with Gasteiger partial charge in [-0.3, -0.25) is 5.73 Å². The highest BCUT2D eigenvalue weighted by Crippen LogP contribution is 2.43. The van der Waals surface area contributed by atoms with Crippen LogP contribution >= 0.6 is 0 Å². The largest absolute Gasteiger partial charge is 0.299 e. The van der Waals surface area contributed by atoms with E-state index in [2.05, 4.69) is 5.11 Å². The summed E-state index contributed by atoms with van der Waals surface area (Å²) in [6, 6.07) is 0. The van der Waals surface area contributed by atoms with E-state index in [0.717, 1.165) is 11.1 Å². The van der Waals surface area contributed by atoms with E-state index >= 15 is 0 Å². The lowest BCUT2D eigenvalue weighted by Crippen LogP contribution is -2.52. The maximum atomic E-state index is 14.2. The number of alkyl halides is 1. The molecule has 3 nitrogen and oxygen atoms in total. The van der Waals surface area contributed by atoms with E-state index in [0.29, 0.717) is 0 Å². The van der Waals surface area contributed by atoms with E-state index < -0.39 is 17.2 Å². The summed E-state index contributed by atoms with van der Waals surface area (Å²) in [5.74, 6) is -2.50. The minimum absolute atomic E-state index is 0.0164. The minimum Gasteiger partial charge on any atom is -0.299 e. The first-order valence-electron chi connectivity index (χ1n) is 5.86. The van der Waals surface area contributed by atoms with Crippen molar-refractivity contribution >= 4 is 0 Å². The second-order valence-corrected chi connectivity index (χ2v) is 5.49. The van der Waals surface area contributed by atoms with Gasteiger partial charge in [0.15, 0.2) is 5.79 Å². The van der Waals surface area contributed by atoms with E-state index in [1.54, 1.807) is 13.0 Å². The first-order valence-corrected chi connectivity index (χ1v) is 5.86. The van der Waals surface area contributed by atoms with Crippen LogP contribution < -0.4 is 5.73 Å². The highest BCUT2D eigenvalue weighted by molar-refractivity contribution is 5.31. The van der Waals surface area contributed by atoms with Crippen LogP contribution in [0.25, 0.3) is 0 Å². The predicted molar refractivity (Wildman–Crippen MR) is 67.4 cm³/mol. The molecule has 17 heavy (non-hydrogen) atoms. The molecule has 0 saturated carbocycles. The molecule has 96 valence electrons. The van der Waals surface area contributed by atoms with Gasteiger partial charge >= 0.3 is 0 Å². The summed E-state index contributed by atoms with van der Waals surface area (Å²) in [7, 11) is 0. The molecule has 1 aliphatic rings. The molecule has 4 atom stereocenters. The zero-order valence-corrected chi connectivity index (χ0v) is 11.2. The third kappa shape index (κ3) is 2.46. The Morgan fingerprint density at radius 3 is 2.47 bits per heavy atom. The standard InChI is InChI=1S/C13H22FN3/c1-8-6-9(2)10(3)12(4,17-16)11(7-8)13(5,14)15/h6-7,10-11,16H,15H2,1-5H3/t10-,11+,12?,13?/m1/s1. The summed E-state index contributed by atoms with van der Waals surface area (Å²) < 4.78 is 14.2. The number of nitrogens with zero attached hydrogens (tertiary/aromatic N) is 1. The fourth-order valence-corrected chi connectivity index (χ4v) is 2.59. The molecule has 3 N–H and O–H groups in total. The van der Waals surface area contributed by atoms with Gasteiger partial charge in [-0.25, -0.2) is 9.92 Å². The van der Waals surface area contributed by atoms with Crippen LogP contribution in [0.3, 0.4) is 0 Å². The summed E-state index contributed by atoms with van der Waals surface area (Å²) >= 11 is 0. The van der Waals surface area contributed by atoms with Gasteiger partial charge in [-0.2, -0.15) is 5.11 Å². The molecule has 0 aromatic heterocycles. The van der Waals surface area contributed by atoms with E-state index in [1.807, 2.05) is 26.8 Å². The molecule has 1 aliphatic carbocycles. The number of nitrogens with two attached hydrogens (primary N) is 1. The summed E-state index contributed by atoms with van der Waals surface area (Å²) in [4.78, 5) is 0. The first kappa shape index (κ1) is 14.0. The summed E-state index contributed by atoms with van der Waals surface area (Å²) in [5.41, 5.74) is 14.3. The Bertz CT molecular complexity index is 379. The molecule has 0 fully saturated rings. The van der Waals surface area contributed by atoms with Crippen LogP contribution in [0.5, 0.6) is 0 Å². The van der Waals surface area contributed by atoms with Crippen molar-refractivity contribution in [2.45, 2.75) is 46.0 Å². The van der Waals surface area contributed by atoms with Crippen molar-refractivity contribution in [2.24, 2.45) is 22.7 Å². The molecule has 0 bridgehead atoms. The van der Waals surface area contributed by atoms with Crippen molar-refractivity contribution in [3.05, 3.63) is 23.3 Å². The Hall–Kier alpha value is -1.03. The van der Waals surface area contributed by atoms with Gasteiger partial charge in [0, 0.05) is 5.92 Å². The Morgan fingerprint density at radius 2 is 2.06 bits per heavy atom. The molecule has 0 heterocycles. The van der Waals surface area contributed by atoms with Crippen molar-refractivity contribution in [3.8, 4) is 0 Å². The monoisotopic (exact) mass is 239 g/mol. The number of halogens is 1. The number of hydrogen-bond acceptors (Lipinski definition) is 3. The summed E-state index contributed by atoms with van der Waals surface area (Å²) in [6.45, 7) is 9.02. The van der Waals surface area contributed by atoms with Gasteiger partial charge in [0.1, 0.15) is 0 Å². The molecule has 4 heteroatoms. The van der Waals surface area contributed by atoms with Crippen LogP contribution in [-0.2, 0) is 0 Å². The van der Waals surface area contributed by atoms with E-state index in [-0.39, 0.29) is 5.92 Å². The third-order valence-corrected chi connectivity index (χ3v) is 3.92. The Balaban J connectivity index is 3.39. The lowest BCUT2D eigenvalue weighted by atomic mass is 9.71. The third-order valence-electron chi connectivity index (χ3n) is 3.92. The molecule has 0 aromatic rings. The van der Waals surface area contributed by atoms with Gasteiger partial charge in [-0.1, -0.05) is 30.2 Å². The number of allylic oxidation sites excluding steroid dienone is 2. The quantitative estimate of drug-likeness (QED) is 0.561. The maximum Gasteiger partial charge on any atom is 0.165 e. The van der Waals surface area contributed by atoms with Crippen LogP contribution in [-0.4, -0.2) is 11.3 Å². The van der Waals surface area contributed by atoms with Crippen LogP contribution in [0.4, 0.5) is 4.39 Å². The normalized spacial score (nSPS) is 37.6. The second kappa shape index (κ2) is 4.33. The van der Waals surface area contributed by atoms with Crippen LogP contribution in [0.2, 0.25) is 0 Å². The minimum atomic E-state index is -1.88. The zero-order chi connectivity index (χ0) is 13.4. The zero-order valence-electron chi connectivity index (χ0n) is 11.2. The average Bonchev–Trinajstić information content (AvgIpc) is 2.29. The lowest BCUT2D eigenvalue weighted by molar-refractivity contribution is 0.0686. The van der Waals surface area contributed by atoms with Gasteiger partial charge in [-0.05, 0) is 27.7 Å². The van der Waals surface area contributed by atoms with Crippen LogP contribution in [0, 0.1) is 17.4 Å². The maximum absolute atomic E-state index is 14.2. The summed E-state index contributed by atoms with van der Waals surface area (Å²) in [5, 5.41) is 3.70. The topological polar surface area (TPSA) is 62.2 Å². The van der Waals surface area contributed by atoms with Gasteiger partial charge in [0.25, 0.3) is 0 Å². The Morgan fingerprint density at radius 1 is 1.53 bits per heavy atom. The molecule has 0 radical (unpaired) electrons. The molecule has 0 aromatic carbocycles. The Kier molecular flexibility index (Phi) is 3.58. The first-order chi connectivity index (χ1) is 7.63. The van der Waals surface area contributed by atoms with Gasteiger partial charge in [0.2, 0.25) is 0 Å². The fraction of sp³-hybridized carbons (Fsp3) is 0.692. The highest BCUT2D eigenvalue weighted by atomic mass is 19.1. The average molecular weight is 239 g/mol. The van der Waals surface area contributed by atoms with Gasteiger partial charge < -0.3 is 0 Å². The van der Waals surface area contributed by atoms with Gasteiger partial charge in [0.05, 0.1) is 11.5 Å². The molecule has 0 saturated heterocycles. The van der Waals surface area contributed by atoms with E-state index in [9.17, 15) is 4.39 Å². The van der Waals surface area contributed by atoms with E-state index in [1.165, 1.54) is 6.92 Å². The Labute approximate surface area is 102 Å². The van der Waals surface area contributed by atoms with E-state index in [4.69, 9.17) is 11.3 Å². The van der Waals surface area contributed by atoms with Crippen molar-refractivity contribution < 1.29 is 4.39 Å². The second-order valence-electron chi connectivity index (χ2n) is 5.49. The van der Waals surface area contributed by atoms with Crippen molar-refractivity contribution in [2.75, 3.05) is 0 Å². The fourth-order valence-electron chi connectivity index (χ4n) is 2.59. The smallest absolute Gasteiger partial charge is 0.165 e. The van der Waals surface area contributed by atoms with Crippen molar-refractivity contribution in [1.29, 1.82) is 5.53 Å². The van der Waals surface area contributed by atoms with Crippen molar-refractivity contribution in [3.63, 3.8) is 0 Å². The molecule has 0 amide bonds. The van der Waals surface area contributed by atoms with Gasteiger partial charge in [-0.15, -0.1) is 0 Å². The van der Waals surface area contributed by atoms with Crippen LogP contribution in [0.15, 0.2) is 28.4 Å². The molecule has 2 unspecified atom stereocenters. The molecule has 1 rings (SSSR count). The SMILES string of the molecule is CC1=C[C@H](C(C)(N)F)C(C)(N=N)[C@H](C)C(C)=C1. The number of hydrogen-bond donors (Lipinski definition) is 2. The molecule has 0 spiro atoms. The number of rotatable bonds is 2. The highest BCUT2D eigenvalue weighted by Gasteiger charge is 2.48.